The van der Waals surface area contributed by atoms with Crippen molar-refractivity contribution in [2.75, 3.05) is 0 Å². The van der Waals surface area contributed by atoms with Gasteiger partial charge in [-0.1, -0.05) is 31.4 Å². The van der Waals surface area contributed by atoms with Gasteiger partial charge in [0, 0.05) is 0 Å². The average molecular weight is 318 g/mol. The van der Waals surface area contributed by atoms with Crippen LogP contribution in [-0.2, 0) is 22.8 Å². The molecule has 0 bridgehead atoms. The first-order valence-corrected chi connectivity index (χ1v) is 7.44. The zero-order chi connectivity index (χ0) is 17.4. The standard InChI is InChI=1S/C17H22N2O4/c1-6-7-18-9-13(20)19(16(18)22)10-23-15(21)14-12(8-11(2)3)17(14,4)5/h1,8-9,12,14,20H,7,10H2,2-5H3/t12-,14+/m1/s1. The Morgan fingerprint density at radius 1 is 1.52 bits per heavy atom. The SMILES string of the molecule is C#CCn1cc(O)n(COC(=O)[C@@H]2[C@@H](C=C(C)C)C2(C)C)c1=O. The van der Waals surface area contributed by atoms with Crippen molar-refractivity contribution in [2.45, 2.75) is 41.0 Å². The number of esters is 1. The number of aromatic hydroxyl groups is 1. The molecule has 124 valence electrons. The Kier molecular flexibility index (Phi) is 4.42. The molecule has 2 atom stereocenters. The maximum atomic E-state index is 12.3. The van der Waals surface area contributed by atoms with Gasteiger partial charge in [0.25, 0.3) is 0 Å². The van der Waals surface area contributed by atoms with Crippen LogP contribution in [0.5, 0.6) is 5.88 Å². The van der Waals surface area contributed by atoms with Crippen LogP contribution in [0.2, 0.25) is 0 Å². The number of ether oxygens (including phenoxy) is 1. The zero-order valence-corrected chi connectivity index (χ0v) is 13.9. The number of allylic oxidation sites excluding steroid dienone is 2. The van der Waals surface area contributed by atoms with Crippen LogP contribution < -0.4 is 5.69 Å². The number of hydrogen-bond acceptors (Lipinski definition) is 4. The monoisotopic (exact) mass is 318 g/mol. The van der Waals surface area contributed by atoms with Crippen LogP contribution in [0.1, 0.15) is 27.7 Å². The molecule has 0 unspecified atom stereocenters. The number of rotatable bonds is 5. The third-order valence-corrected chi connectivity index (χ3v) is 4.30. The van der Waals surface area contributed by atoms with Gasteiger partial charge in [-0.15, -0.1) is 6.42 Å². The molecule has 0 aliphatic heterocycles. The van der Waals surface area contributed by atoms with E-state index in [-0.39, 0.29) is 42.4 Å². The minimum Gasteiger partial charge on any atom is -0.493 e. The lowest BCUT2D eigenvalue weighted by molar-refractivity contribution is -0.150. The van der Waals surface area contributed by atoms with Gasteiger partial charge in [-0.2, -0.15) is 0 Å². The number of aromatic nitrogens is 2. The summed E-state index contributed by atoms with van der Waals surface area (Å²) in [6, 6.07) is 0. The molecular formula is C17H22N2O4. The molecule has 0 spiro atoms. The Hall–Kier alpha value is -2.42. The fourth-order valence-electron chi connectivity index (χ4n) is 2.87. The van der Waals surface area contributed by atoms with E-state index in [9.17, 15) is 14.7 Å². The number of imidazole rings is 1. The molecule has 1 aliphatic rings. The first-order chi connectivity index (χ1) is 10.7. The maximum Gasteiger partial charge on any atom is 0.334 e. The normalized spacial score (nSPS) is 21.3. The summed E-state index contributed by atoms with van der Waals surface area (Å²) >= 11 is 0. The van der Waals surface area contributed by atoms with Crippen LogP contribution in [-0.4, -0.2) is 20.2 Å². The lowest BCUT2D eigenvalue weighted by Crippen LogP contribution is -2.26. The lowest BCUT2D eigenvalue weighted by atomic mass is 10.1. The Morgan fingerprint density at radius 3 is 2.74 bits per heavy atom. The van der Waals surface area contributed by atoms with Crippen LogP contribution in [0.3, 0.4) is 0 Å². The van der Waals surface area contributed by atoms with E-state index in [0.29, 0.717) is 0 Å². The van der Waals surface area contributed by atoms with Crippen molar-refractivity contribution in [1.29, 1.82) is 0 Å². The first kappa shape index (κ1) is 16.9. The molecule has 6 heteroatoms. The van der Waals surface area contributed by atoms with E-state index in [4.69, 9.17) is 11.2 Å². The van der Waals surface area contributed by atoms with Crippen LogP contribution in [0.25, 0.3) is 0 Å². The van der Waals surface area contributed by atoms with E-state index in [1.54, 1.807) is 0 Å². The van der Waals surface area contributed by atoms with E-state index in [1.165, 1.54) is 10.8 Å². The van der Waals surface area contributed by atoms with Crippen molar-refractivity contribution in [2.24, 2.45) is 17.3 Å². The highest BCUT2D eigenvalue weighted by Gasteiger charge is 2.61. The summed E-state index contributed by atoms with van der Waals surface area (Å²) in [5.41, 5.74) is 0.485. The lowest BCUT2D eigenvalue weighted by Gasteiger charge is -2.06. The summed E-state index contributed by atoms with van der Waals surface area (Å²) in [5.74, 6) is 1.57. The van der Waals surface area contributed by atoms with Gasteiger partial charge in [0.05, 0.1) is 18.7 Å². The predicted octanol–water partition coefficient (Wildman–Crippen LogP) is 1.73. The topological polar surface area (TPSA) is 73.5 Å². The van der Waals surface area contributed by atoms with Gasteiger partial charge in [-0.25, -0.2) is 9.36 Å². The van der Waals surface area contributed by atoms with Gasteiger partial charge in [-0.3, -0.25) is 9.36 Å². The second-order valence-electron chi connectivity index (χ2n) is 6.69. The molecule has 23 heavy (non-hydrogen) atoms. The molecule has 0 amide bonds. The molecule has 1 aliphatic carbocycles. The van der Waals surface area contributed by atoms with Crippen molar-refractivity contribution < 1.29 is 14.6 Å². The molecular weight excluding hydrogens is 296 g/mol. The van der Waals surface area contributed by atoms with Crippen LogP contribution >= 0.6 is 0 Å². The van der Waals surface area contributed by atoms with Crippen LogP contribution in [0.4, 0.5) is 0 Å². The molecule has 0 radical (unpaired) electrons. The molecule has 6 nitrogen and oxygen atoms in total. The minimum absolute atomic E-state index is 0.0473. The van der Waals surface area contributed by atoms with E-state index >= 15 is 0 Å². The van der Waals surface area contributed by atoms with Crippen LogP contribution in [0.15, 0.2) is 22.6 Å². The Balaban J connectivity index is 2.05. The summed E-state index contributed by atoms with van der Waals surface area (Å²) in [6.07, 6.45) is 8.45. The highest BCUT2D eigenvalue weighted by Crippen LogP contribution is 2.59. The summed E-state index contributed by atoms with van der Waals surface area (Å²) in [6.45, 7) is 7.72. The molecule has 1 fully saturated rings. The van der Waals surface area contributed by atoms with Gasteiger partial charge in [0.2, 0.25) is 5.88 Å². The smallest absolute Gasteiger partial charge is 0.334 e. The number of terminal acetylenes is 1. The van der Waals surface area contributed by atoms with E-state index in [0.717, 1.165) is 10.1 Å². The Bertz CT molecular complexity index is 742. The highest BCUT2D eigenvalue weighted by molar-refractivity contribution is 5.78. The molecule has 0 aromatic carbocycles. The quantitative estimate of drug-likeness (QED) is 0.510. The van der Waals surface area contributed by atoms with Gasteiger partial charge < -0.3 is 9.84 Å². The van der Waals surface area contributed by atoms with Crippen LogP contribution in [0, 0.1) is 29.6 Å². The molecule has 1 aromatic rings. The van der Waals surface area contributed by atoms with Crippen molar-refractivity contribution in [3.63, 3.8) is 0 Å². The van der Waals surface area contributed by atoms with E-state index in [2.05, 4.69) is 12.0 Å². The molecule has 1 aromatic heterocycles. The fourth-order valence-corrected chi connectivity index (χ4v) is 2.87. The van der Waals surface area contributed by atoms with Crippen molar-refractivity contribution in [3.05, 3.63) is 28.3 Å². The molecule has 1 heterocycles. The number of hydrogen-bond donors (Lipinski definition) is 1. The van der Waals surface area contributed by atoms with Crippen molar-refractivity contribution in [3.8, 4) is 18.2 Å². The second-order valence-corrected chi connectivity index (χ2v) is 6.69. The Morgan fingerprint density at radius 2 is 2.17 bits per heavy atom. The summed E-state index contributed by atoms with van der Waals surface area (Å²) in [7, 11) is 0. The molecule has 1 N–H and O–H groups in total. The zero-order valence-electron chi connectivity index (χ0n) is 13.9. The maximum absolute atomic E-state index is 12.3. The van der Waals surface area contributed by atoms with Gasteiger partial charge in [-0.05, 0) is 25.2 Å². The van der Waals surface area contributed by atoms with Crippen molar-refractivity contribution >= 4 is 5.97 Å². The molecule has 1 saturated carbocycles. The third-order valence-electron chi connectivity index (χ3n) is 4.30. The number of carbonyl (C=O) groups excluding carboxylic acids is 1. The Labute approximate surface area is 135 Å². The first-order valence-electron chi connectivity index (χ1n) is 7.44. The van der Waals surface area contributed by atoms with E-state index < -0.39 is 5.69 Å². The third kappa shape index (κ3) is 3.19. The molecule has 0 saturated heterocycles. The number of nitrogens with zero attached hydrogens (tertiary/aromatic N) is 2. The summed E-state index contributed by atoms with van der Waals surface area (Å²) in [5, 5.41) is 9.75. The number of carbonyl (C=O) groups is 1. The fraction of sp³-hybridized carbons (Fsp3) is 0.529. The van der Waals surface area contributed by atoms with Gasteiger partial charge in [0.1, 0.15) is 0 Å². The highest BCUT2D eigenvalue weighted by atomic mass is 16.5. The molecule has 2 rings (SSSR count). The summed E-state index contributed by atoms with van der Waals surface area (Å²) < 4.78 is 7.37. The largest absolute Gasteiger partial charge is 0.493 e. The van der Waals surface area contributed by atoms with Gasteiger partial charge in [0.15, 0.2) is 6.73 Å². The predicted molar refractivity (Wildman–Crippen MR) is 85.5 cm³/mol. The second kappa shape index (κ2) is 5.99. The average Bonchev–Trinajstić information content (AvgIpc) is 2.85. The van der Waals surface area contributed by atoms with Gasteiger partial charge >= 0.3 is 11.7 Å². The van der Waals surface area contributed by atoms with Crippen molar-refractivity contribution in [1.82, 2.24) is 9.13 Å². The summed E-state index contributed by atoms with van der Waals surface area (Å²) in [4.78, 5) is 24.2. The minimum atomic E-state index is -0.510. The van der Waals surface area contributed by atoms with E-state index in [1.807, 2.05) is 27.7 Å².